The van der Waals surface area contributed by atoms with E-state index < -0.39 is 27.3 Å². The molecule has 0 aromatic heterocycles. The minimum Gasteiger partial charge on any atom is -0.481 e. The van der Waals surface area contributed by atoms with Crippen molar-refractivity contribution in [3.63, 3.8) is 0 Å². The normalized spacial score (nSPS) is 14.6. The molecule has 0 heterocycles. The largest absolute Gasteiger partial charge is 0.481 e. The van der Waals surface area contributed by atoms with Gasteiger partial charge in [-0.15, -0.1) is 0 Å². The van der Waals surface area contributed by atoms with Gasteiger partial charge in [-0.3, -0.25) is 9.35 Å². The van der Waals surface area contributed by atoms with Gasteiger partial charge in [0.1, 0.15) is 0 Å². The zero-order valence-corrected chi connectivity index (χ0v) is 17.3. The van der Waals surface area contributed by atoms with Crippen LogP contribution >= 0.6 is 0 Å². The number of allylic oxidation sites excluding steroid dienone is 2. The fraction of sp³-hybridized carbons (Fsp3) is 0.850. The van der Waals surface area contributed by atoms with Crippen LogP contribution in [0.4, 0.5) is 0 Å². The highest BCUT2D eigenvalue weighted by molar-refractivity contribution is 7.86. The minimum absolute atomic E-state index is 0.282. The summed E-state index contributed by atoms with van der Waals surface area (Å²) in [7, 11) is -4.31. The molecule has 0 aliphatic heterocycles. The van der Waals surface area contributed by atoms with Crippen LogP contribution in [-0.2, 0) is 14.9 Å². The Morgan fingerprint density at radius 3 is 1.81 bits per heavy atom. The van der Waals surface area contributed by atoms with E-state index in [1.807, 2.05) is 0 Å². The van der Waals surface area contributed by atoms with Gasteiger partial charge < -0.3 is 5.11 Å². The van der Waals surface area contributed by atoms with E-state index in [0.29, 0.717) is 6.42 Å². The summed E-state index contributed by atoms with van der Waals surface area (Å²) < 4.78 is 31.2. The first-order chi connectivity index (χ1) is 12.3. The Balaban J connectivity index is 3.68. The van der Waals surface area contributed by atoms with Gasteiger partial charge in [0, 0.05) is 0 Å². The van der Waals surface area contributed by atoms with Gasteiger partial charge in [-0.25, -0.2) is 0 Å². The van der Waals surface area contributed by atoms with E-state index in [2.05, 4.69) is 19.1 Å². The van der Waals surface area contributed by atoms with Crippen molar-refractivity contribution in [3.05, 3.63) is 12.2 Å². The Hall–Kier alpha value is -0.880. The van der Waals surface area contributed by atoms with Crippen molar-refractivity contribution in [2.24, 2.45) is 5.92 Å². The first-order valence-corrected chi connectivity index (χ1v) is 11.6. The summed E-state index contributed by atoms with van der Waals surface area (Å²) in [5.41, 5.74) is 0. The van der Waals surface area contributed by atoms with Crippen LogP contribution in [0.3, 0.4) is 0 Å². The summed E-state index contributed by atoms with van der Waals surface area (Å²) >= 11 is 0. The standard InChI is InChI=1S/C20H38O5S/c1-3-4-5-6-7-8-9-10-11-12-13-14-15-16-17-19(20(21)22)18(2)26(23,24)25/h10-11,18-19H,3-9,12-17H2,1-2H3,(H,21,22)(H,23,24,25)/b11-10-. The van der Waals surface area contributed by atoms with E-state index >= 15 is 0 Å². The number of rotatable bonds is 17. The lowest BCUT2D eigenvalue weighted by atomic mass is 9.98. The molecule has 0 saturated heterocycles. The molecule has 0 aliphatic rings. The molecular formula is C20H38O5S. The predicted octanol–water partition coefficient (Wildman–Crippen LogP) is 5.61. The molecule has 0 spiro atoms. The Morgan fingerprint density at radius 1 is 0.885 bits per heavy atom. The molecule has 2 unspecified atom stereocenters. The molecule has 2 N–H and O–H groups in total. The quantitative estimate of drug-likeness (QED) is 0.191. The number of aliphatic carboxylic acids is 1. The lowest BCUT2D eigenvalue weighted by Gasteiger charge is -2.17. The van der Waals surface area contributed by atoms with Crippen LogP contribution in [0.5, 0.6) is 0 Å². The van der Waals surface area contributed by atoms with Crippen molar-refractivity contribution in [1.29, 1.82) is 0 Å². The third kappa shape index (κ3) is 13.3. The Morgan fingerprint density at radius 2 is 1.35 bits per heavy atom. The van der Waals surface area contributed by atoms with Crippen molar-refractivity contribution in [2.45, 2.75) is 103 Å². The molecular weight excluding hydrogens is 352 g/mol. The van der Waals surface area contributed by atoms with Gasteiger partial charge in [0.05, 0.1) is 11.2 Å². The first kappa shape index (κ1) is 25.1. The summed E-state index contributed by atoms with van der Waals surface area (Å²) in [4.78, 5) is 11.2. The number of carbonyl (C=O) groups is 1. The van der Waals surface area contributed by atoms with Gasteiger partial charge in [0.2, 0.25) is 0 Å². The second-order valence-corrected chi connectivity index (χ2v) is 8.96. The fourth-order valence-corrected chi connectivity index (χ4v) is 3.69. The number of carboxylic acids is 1. The highest BCUT2D eigenvalue weighted by Gasteiger charge is 2.32. The molecule has 0 bridgehead atoms. The molecule has 0 saturated carbocycles. The predicted molar refractivity (Wildman–Crippen MR) is 107 cm³/mol. The van der Waals surface area contributed by atoms with Gasteiger partial charge >= 0.3 is 5.97 Å². The smallest absolute Gasteiger partial charge is 0.307 e. The molecule has 0 rings (SSSR count). The molecule has 5 nitrogen and oxygen atoms in total. The molecule has 2 atom stereocenters. The molecule has 6 heteroatoms. The molecule has 0 radical (unpaired) electrons. The summed E-state index contributed by atoms with van der Waals surface area (Å²) in [6.45, 7) is 3.48. The van der Waals surface area contributed by atoms with Gasteiger partial charge in [0.15, 0.2) is 0 Å². The van der Waals surface area contributed by atoms with E-state index in [0.717, 1.165) is 32.1 Å². The van der Waals surface area contributed by atoms with Crippen LogP contribution in [0.25, 0.3) is 0 Å². The Kier molecular flexibility index (Phi) is 14.7. The monoisotopic (exact) mass is 390 g/mol. The summed E-state index contributed by atoms with van der Waals surface area (Å²) in [5, 5.41) is 7.87. The number of carboxylic acid groups (broad SMARTS) is 1. The lowest BCUT2D eigenvalue weighted by molar-refractivity contribution is -0.142. The van der Waals surface area contributed by atoms with Gasteiger partial charge in [0.25, 0.3) is 10.1 Å². The van der Waals surface area contributed by atoms with Crippen LogP contribution in [-0.4, -0.2) is 29.3 Å². The van der Waals surface area contributed by atoms with E-state index in [4.69, 9.17) is 9.66 Å². The average molecular weight is 391 g/mol. The van der Waals surface area contributed by atoms with Gasteiger partial charge in [-0.2, -0.15) is 8.42 Å². The Bertz CT molecular complexity index is 484. The summed E-state index contributed by atoms with van der Waals surface area (Å²) in [5.74, 6) is -2.20. The summed E-state index contributed by atoms with van der Waals surface area (Å²) in [6.07, 6.45) is 18.5. The van der Waals surface area contributed by atoms with Crippen LogP contribution < -0.4 is 0 Å². The number of hydrogen-bond donors (Lipinski definition) is 2. The third-order valence-electron chi connectivity index (χ3n) is 4.88. The lowest BCUT2D eigenvalue weighted by Crippen LogP contribution is -2.32. The van der Waals surface area contributed by atoms with Crippen molar-refractivity contribution < 1.29 is 22.9 Å². The fourth-order valence-electron chi connectivity index (χ4n) is 3.02. The first-order valence-electron chi connectivity index (χ1n) is 10.1. The molecule has 0 aromatic carbocycles. The molecule has 0 amide bonds. The maximum absolute atomic E-state index is 11.2. The topological polar surface area (TPSA) is 91.7 Å². The zero-order chi connectivity index (χ0) is 19.8. The maximum atomic E-state index is 11.2. The highest BCUT2D eigenvalue weighted by Crippen LogP contribution is 2.20. The molecule has 26 heavy (non-hydrogen) atoms. The Labute approximate surface area is 160 Å². The number of hydrogen-bond acceptors (Lipinski definition) is 3. The number of unbranched alkanes of at least 4 members (excludes halogenated alkanes) is 10. The van der Waals surface area contributed by atoms with Gasteiger partial charge in [-0.05, 0) is 39.0 Å². The van der Waals surface area contributed by atoms with E-state index in [1.165, 1.54) is 45.4 Å². The maximum Gasteiger partial charge on any atom is 0.307 e. The zero-order valence-electron chi connectivity index (χ0n) is 16.5. The second-order valence-electron chi connectivity index (χ2n) is 7.18. The van der Waals surface area contributed by atoms with E-state index in [-0.39, 0.29) is 6.42 Å². The third-order valence-corrected chi connectivity index (χ3v) is 6.15. The highest BCUT2D eigenvalue weighted by atomic mass is 32.2. The molecule has 0 fully saturated rings. The van der Waals surface area contributed by atoms with Crippen LogP contribution in [0, 0.1) is 5.92 Å². The minimum atomic E-state index is -4.31. The molecule has 0 aromatic rings. The second kappa shape index (κ2) is 15.2. The van der Waals surface area contributed by atoms with Crippen LogP contribution in [0.15, 0.2) is 12.2 Å². The molecule has 154 valence electrons. The van der Waals surface area contributed by atoms with Gasteiger partial charge in [-0.1, -0.05) is 70.4 Å². The van der Waals surface area contributed by atoms with Crippen LogP contribution in [0.1, 0.15) is 97.3 Å². The molecule has 0 aliphatic carbocycles. The van der Waals surface area contributed by atoms with E-state index in [9.17, 15) is 13.2 Å². The van der Waals surface area contributed by atoms with Crippen molar-refractivity contribution in [2.75, 3.05) is 0 Å². The van der Waals surface area contributed by atoms with Crippen molar-refractivity contribution in [1.82, 2.24) is 0 Å². The SMILES string of the molecule is CCCCCCCC/C=C\CCCCCCC(C(=O)O)C(C)S(=O)(=O)O. The van der Waals surface area contributed by atoms with Crippen LogP contribution in [0.2, 0.25) is 0 Å². The average Bonchev–Trinajstić information content (AvgIpc) is 2.56. The van der Waals surface area contributed by atoms with Crippen molar-refractivity contribution in [3.8, 4) is 0 Å². The van der Waals surface area contributed by atoms with Crippen molar-refractivity contribution >= 4 is 16.1 Å². The summed E-state index contributed by atoms with van der Waals surface area (Å²) in [6, 6.07) is 0. The van der Waals surface area contributed by atoms with E-state index in [1.54, 1.807) is 0 Å².